The van der Waals surface area contributed by atoms with E-state index in [1.54, 1.807) is 7.05 Å². The smallest absolute Gasteiger partial charge is 0.343 e. The van der Waals surface area contributed by atoms with E-state index in [4.69, 9.17) is 14.7 Å². The summed E-state index contributed by atoms with van der Waals surface area (Å²) in [6.45, 7) is 0. The Morgan fingerprint density at radius 2 is 2.00 bits per heavy atom. The molecule has 106 valence electrons. The number of esters is 1. The quantitative estimate of drug-likeness (QED) is 0.630. The maximum atomic E-state index is 12.0. The van der Waals surface area contributed by atoms with Crippen LogP contribution in [0.4, 0.5) is 0 Å². The van der Waals surface area contributed by atoms with Crippen LogP contribution >= 0.6 is 0 Å². The van der Waals surface area contributed by atoms with E-state index >= 15 is 0 Å². The van der Waals surface area contributed by atoms with Gasteiger partial charge in [0.05, 0.1) is 24.3 Å². The molecule has 2 rings (SSSR count). The summed E-state index contributed by atoms with van der Waals surface area (Å²) in [5.41, 5.74) is 0.223. The molecule has 1 aromatic heterocycles. The molecule has 0 unspecified atom stereocenters. The van der Waals surface area contributed by atoms with Crippen molar-refractivity contribution in [1.82, 2.24) is 4.57 Å². The summed E-state index contributed by atoms with van der Waals surface area (Å²) in [5.74, 6) is -0.218. The number of nitriles is 1. The lowest BCUT2D eigenvalue weighted by atomic mass is 10.2. The molecule has 0 amide bonds. The van der Waals surface area contributed by atoms with Gasteiger partial charge in [-0.1, -0.05) is 0 Å². The summed E-state index contributed by atoms with van der Waals surface area (Å²) < 4.78 is 11.6. The molecule has 0 saturated carbocycles. The van der Waals surface area contributed by atoms with Gasteiger partial charge in [-0.3, -0.25) is 4.79 Å². The van der Waals surface area contributed by atoms with Crippen LogP contribution in [0.1, 0.15) is 15.9 Å². The number of ether oxygens (including phenoxy) is 2. The van der Waals surface area contributed by atoms with Crippen molar-refractivity contribution in [2.45, 2.75) is 0 Å². The number of pyridine rings is 1. The van der Waals surface area contributed by atoms with Crippen molar-refractivity contribution in [3.8, 4) is 17.6 Å². The fraction of sp³-hybridized carbons (Fsp3) is 0.133. The third-order valence-electron chi connectivity index (χ3n) is 2.84. The van der Waals surface area contributed by atoms with Crippen molar-refractivity contribution < 1.29 is 14.3 Å². The summed E-state index contributed by atoms with van der Waals surface area (Å²) in [7, 11) is 2.99. The maximum absolute atomic E-state index is 12.0. The van der Waals surface area contributed by atoms with Crippen LogP contribution in [0.15, 0.2) is 41.3 Å². The topological polar surface area (TPSA) is 81.3 Å². The van der Waals surface area contributed by atoms with Crippen molar-refractivity contribution in [3.05, 3.63) is 58.0 Å². The Labute approximate surface area is 120 Å². The Bertz CT molecular complexity index is 787. The summed E-state index contributed by atoms with van der Waals surface area (Å²) in [5, 5.41) is 8.81. The number of carbonyl (C=O) groups is 1. The second-order valence-electron chi connectivity index (χ2n) is 4.23. The highest BCUT2D eigenvalue weighted by atomic mass is 16.6. The van der Waals surface area contributed by atoms with Gasteiger partial charge in [0.25, 0.3) is 5.56 Å². The molecule has 0 atom stereocenters. The van der Waals surface area contributed by atoms with E-state index in [0.717, 1.165) is 0 Å². The first-order valence-corrected chi connectivity index (χ1v) is 6.02. The average Bonchev–Trinajstić information content (AvgIpc) is 2.50. The zero-order valence-electron chi connectivity index (χ0n) is 11.5. The van der Waals surface area contributed by atoms with E-state index in [1.807, 2.05) is 6.07 Å². The SMILES string of the molecule is COc1cc(C#N)ccc1OC(=O)c1ccn(C)c(=O)c1. The zero-order chi connectivity index (χ0) is 15.4. The number of aromatic nitrogens is 1. The molecule has 1 heterocycles. The Kier molecular flexibility index (Phi) is 4.05. The summed E-state index contributed by atoms with van der Waals surface area (Å²) >= 11 is 0. The van der Waals surface area contributed by atoms with Gasteiger partial charge in [-0.15, -0.1) is 0 Å². The molecule has 0 radical (unpaired) electrons. The number of rotatable bonds is 3. The van der Waals surface area contributed by atoms with Gasteiger partial charge < -0.3 is 14.0 Å². The third kappa shape index (κ3) is 3.09. The van der Waals surface area contributed by atoms with Crippen molar-refractivity contribution >= 4 is 5.97 Å². The van der Waals surface area contributed by atoms with Crippen molar-refractivity contribution in [3.63, 3.8) is 0 Å². The molecular weight excluding hydrogens is 272 g/mol. The highest BCUT2D eigenvalue weighted by Crippen LogP contribution is 2.28. The maximum Gasteiger partial charge on any atom is 0.343 e. The van der Waals surface area contributed by atoms with Crippen LogP contribution in [0, 0.1) is 11.3 Å². The van der Waals surface area contributed by atoms with Crippen LogP contribution in [-0.2, 0) is 7.05 Å². The van der Waals surface area contributed by atoms with Gasteiger partial charge in [-0.05, 0) is 18.2 Å². The Morgan fingerprint density at radius 1 is 1.24 bits per heavy atom. The van der Waals surface area contributed by atoms with Crippen LogP contribution in [0.5, 0.6) is 11.5 Å². The predicted octanol–water partition coefficient (Wildman–Crippen LogP) is 1.48. The fourth-order valence-corrected chi connectivity index (χ4v) is 1.66. The molecule has 1 aromatic carbocycles. The Balaban J connectivity index is 2.29. The second-order valence-corrected chi connectivity index (χ2v) is 4.23. The standard InChI is InChI=1S/C15H12N2O4/c1-17-6-5-11(8-14(17)18)15(19)21-12-4-3-10(9-16)7-13(12)20-2/h3-8H,1-2H3. The number of methoxy groups -OCH3 is 1. The summed E-state index contributed by atoms with van der Waals surface area (Å²) in [4.78, 5) is 23.5. The second kappa shape index (κ2) is 5.92. The lowest BCUT2D eigenvalue weighted by molar-refractivity contribution is 0.0729. The molecule has 0 saturated heterocycles. The monoisotopic (exact) mass is 284 g/mol. The normalized spacial score (nSPS) is 9.76. The average molecular weight is 284 g/mol. The minimum atomic E-state index is -0.671. The molecular formula is C15H12N2O4. The molecule has 6 heteroatoms. The van der Waals surface area contributed by atoms with Crippen LogP contribution in [0.25, 0.3) is 0 Å². The molecule has 0 spiro atoms. The van der Waals surface area contributed by atoms with Gasteiger partial charge in [0.1, 0.15) is 0 Å². The van der Waals surface area contributed by atoms with Crippen molar-refractivity contribution in [1.29, 1.82) is 5.26 Å². The minimum Gasteiger partial charge on any atom is -0.493 e. The van der Waals surface area contributed by atoms with Gasteiger partial charge in [-0.2, -0.15) is 5.26 Å². The molecule has 0 bridgehead atoms. The predicted molar refractivity (Wildman–Crippen MR) is 74.4 cm³/mol. The minimum absolute atomic E-state index is 0.143. The molecule has 0 aliphatic heterocycles. The van der Waals surface area contributed by atoms with E-state index in [0.29, 0.717) is 5.56 Å². The number of hydrogen-bond donors (Lipinski definition) is 0. The molecule has 0 fully saturated rings. The molecule has 0 aliphatic rings. The van der Waals surface area contributed by atoms with Gasteiger partial charge in [0.15, 0.2) is 11.5 Å². The van der Waals surface area contributed by atoms with Crippen LogP contribution < -0.4 is 15.0 Å². The molecule has 6 nitrogen and oxygen atoms in total. The number of nitrogens with zero attached hydrogens (tertiary/aromatic N) is 2. The summed E-state index contributed by atoms with van der Waals surface area (Å²) in [6.07, 6.45) is 1.48. The lowest BCUT2D eigenvalue weighted by Gasteiger charge is -2.09. The van der Waals surface area contributed by atoms with Gasteiger partial charge >= 0.3 is 5.97 Å². The summed E-state index contributed by atoms with van der Waals surface area (Å²) in [6, 6.07) is 9.08. The lowest BCUT2D eigenvalue weighted by Crippen LogP contribution is -2.19. The molecule has 2 aromatic rings. The first kappa shape index (κ1) is 14.3. The largest absolute Gasteiger partial charge is 0.493 e. The van der Waals surface area contributed by atoms with Crippen molar-refractivity contribution in [2.24, 2.45) is 7.05 Å². The Morgan fingerprint density at radius 3 is 2.62 bits per heavy atom. The third-order valence-corrected chi connectivity index (χ3v) is 2.84. The van der Waals surface area contributed by atoms with Crippen molar-refractivity contribution in [2.75, 3.05) is 7.11 Å². The van der Waals surface area contributed by atoms with E-state index in [-0.39, 0.29) is 22.6 Å². The van der Waals surface area contributed by atoms with Crippen LogP contribution in [-0.4, -0.2) is 17.6 Å². The molecule has 21 heavy (non-hydrogen) atoms. The van der Waals surface area contributed by atoms with E-state index in [1.165, 1.54) is 48.2 Å². The highest BCUT2D eigenvalue weighted by Gasteiger charge is 2.13. The zero-order valence-corrected chi connectivity index (χ0v) is 11.5. The number of carbonyl (C=O) groups excluding carboxylic acids is 1. The van der Waals surface area contributed by atoms with Gasteiger partial charge in [0.2, 0.25) is 0 Å². The number of benzene rings is 1. The van der Waals surface area contributed by atoms with Crippen LogP contribution in [0.3, 0.4) is 0 Å². The number of hydrogen-bond acceptors (Lipinski definition) is 5. The van der Waals surface area contributed by atoms with E-state index in [2.05, 4.69) is 0 Å². The van der Waals surface area contributed by atoms with Crippen LogP contribution in [0.2, 0.25) is 0 Å². The Hall–Kier alpha value is -3.07. The van der Waals surface area contributed by atoms with Gasteiger partial charge in [0, 0.05) is 25.4 Å². The molecule has 0 N–H and O–H groups in total. The molecule has 0 aliphatic carbocycles. The first-order valence-electron chi connectivity index (χ1n) is 6.02. The van der Waals surface area contributed by atoms with E-state index in [9.17, 15) is 9.59 Å². The van der Waals surface area contributed by atoms with E-state index < -0.39 is 5.97 Å². The fourth-order valence-electron chi connectivity index (χ4n) is 1.66. The highest BCUT2D eigenvalue weighted by molar-refractivity contribution is 5.91. The number of aryl methyl sites for hydroxylation is 1. The van der Waals surface area contributed by atoms with Gasteiger partial charge in [-0.25, -0.2) is 4.79 Å². The first-order chi connectivity index (χ1) is 10.0.